The van der Waals surface area contributed by atoms with Gasteiger partial charge in [-0.3, -0.25) is 4.79 Å². The molecule has 1 aromatic carbocycles. The molecule has 4 heteroatoms. The molecule has 0 unspecified atom stereocenters. The third kappa shape index (κ3) is 3.58. The summed E-state index contributed by atoms with van der Waals surface area (Å²) >= 11 is 5.95. The maximum Gasteiger partial charge on any atom is 0.238 e. The van der Waals surface area contributed by atoms with Gasteiger partial charge in [0.05, 0.1) is 17.3 Å². The summed E-state index contributed by atoms with van der Waals surface area (Å²) in [6.07, 6.45) is 6.26. The SMILES string of the molecule is O=C(CNC1CC=CC1)Nc1ccccc1Cl. The molecule has 1 aliphatic rings. The third-order valence-electron chi connectivity index (χ3n) is 2.71. The predicted molar refractivity (Wildman–Crippen MR) is 70.2 cm³/mol. The van der Waals surface area contributed by atoms with Crippen LogP contribution in [0, 0.1) is 0 Å². The van der Waals surface area contributed by atoms with Gasteiger partial charge in [-0.2, -0.15) is 0 Å². The topological polar surface area (TPSA) is 41.1 Å². The molecule has 0 spiro atoms. The monoisotopic (exact) mass is 250 g/mol. The highest BCUT2D eigenvalue weighted by atomic mass is 35.5. The molecular weight excluding hydrogens is 236 g/mol. The molecule has 3 nitrogen and oxygen atoms in total. The fourth-order valence-corrected chi connectivity index (χ4v) is 1.96. The van der Waals surface area contributed by atoms with Gasteiger partial charge in [0.25, 0.3) is 0 Å². The fraction of sp³-hybridized carbons (Fsp3) is 0.308. The molecule has 0 saturated carbocycles. The number of halogens is 1. The first-order chi connectivity index (χ1) is 8.25. The average Bonchev–Trinajstić information content (AvgIpc) is 2.82. The molecule has 0 aliphatic heterocycles. The van der Waals surface area contributed by atoms with Gasteiger partial charge in [0.1, 0.15) is 0 Å². The minimum atomic E-state index is -0.0648. The first kappa shape index (κ1) is 12.1. The van der Waals surface area contributed by atoms with E-state index in [-0.39, 0.29) is 5.91 Å². The number of carbonyl (C=O) groups excluding carboxylic acids is 1. The Kier molecular flexibility index (Phi) is 4.18. The Labute approximate surface area is 106 Å². The van der Waals surface area contributed by atoms with Crippen LogP contribution >= 0.6 is 11.6 Å². The molecule has 0 bridgehead atoms. The van der Waals surface area contributed by atoms with Gasteiger partial charge >= 0.3 is 0 Å². The zero-order valence-electron chi connectivity index (χ0n) is 9.45. The Morgan fingerprint density at radius 2 is 2.00 bits per heavy atom. The number of hydrogen-bond acceptors (Lipinski definition) is 2. The lowest BCUT2D eigenvalue weighted by atomic mass is 10.2. The van der Waals surface area contributed by atoms with Gasteiger partial charge in [0.15, 0.2) is 0 Å². The number of anilines is 1. The molecule has 2 rings (SSSR count). The maximum absolute atomic E-state index is 11.7. The highest BCUT2D eigenvalue weighted by Gasteiger charge is 2.11. The third-order valence-corrected chi connectivity index (χ3v) is 3.04. The van der Waals surface area contributed by atoms with E-state index in [4.69, 9.17) is 11.6 Å². The van der Waals surface area contributed by atoms with E-state index in [2.05, 4.69) is 22.8 Å². The summed E-state index contributed by atoms with van der Waals surface area (Å²) in [6.45, 7) is 0.317. The summed E-state index contributed by atoms with van der Waals surface area (Å²) in [4.78, 5) is 11.7. The van der Waals surface area contributed by atoms with Gasteiger partial charge in [-0.1, -0.05) is 35.9 Å². The highest BCUT2D eigenvalue weighted by molar-refractivity contribution is 6.33. The maximum atomic E-state index is 11.7. The first-order valence-corrected chi connectivity index (χ1v) is 6.06. The molecule has 0 heterocycles. The standard InChI is InChI=1S/C13H15ClN2O/c14-11-7-3-4-8-12(11)16-13(17)9-15-10-5-1-2-6-10/h1-4,7-8,10,15H,5-6,9H2,(H,16,17). The summed E-state index contributed by atoms with van der Waals surface area (Å²) in [5.41, 5.74) is 0.658. The molecule has 0 atom stereocenters. The molecule has 1 aliphatic carbocycles. The van der Waals surface area contributed by atoms with Crippen molar-refractivity contribution in [3.8, 4) is 0 Å². The fourth-order valence-electron chi connectivity index (χ4n) is 1.78. The largest absolute Gasteiger partial charge is 0.324 e. The van der Waals surface area contributed by atoms with Crippen molar-refractivity contribution in [2.45, 2.75) is 18.9 Å². The summed E-state index contributed by atoms with van der Waals surface area (Å²) < 4.78 is 0. The van der Waals surface area contributed by atoms with Crippen LogP contribution in [0.5, 0.6) is 0 Å². The van der Waals surface area contributed by atoms with Gasteiger partial charge in [0, 0.05) is 6.04 Å². The van der Waals surface area contributed by atoms with Gasteiger partial charge in [-0.15, -0.1) is 0 Å². The average molecular weight is 251 g/mol. The number of para-hydroxylation sites is 1. The molecule has 90 valence electrons. The Bertz CT molecular complexity index is 423. The highest BCUT2D eigenvalue weighted by Crippen LogP contribution is 2.20. The summed E-state index contributed by atoms with van der Waals surface area (Å²) in [6, 6.07) is 7.62. The van der Waals surface area contributed by atoms with Crippen LogP contribution in [-0.2, 0) is 4.79 Å². The Balaban J connectivity index is 1.79. The van der Waals surface area contributed by atoms with Crippen LogP contribution in [0.3, 0.4) is 0 Å². The Morgan fingerprint density at radius 1 is 1.29 bits per heavy atom. The van der Waals surface area contributed by atoms with Crippen molar-refractivity contribution in [3.63, 3.8) is 0 Å². The normalized spacial score (nSPS) is 15.1. The van der Waals surface area contributed by atoms with Crippen molar-refractivity contribution >= 4 is 23.2 Å². The minimum absolute atomic E-state index is 0.0648. The van der Waals surface area contributed by atoms with E-state index in [1.165, 1.54) is 0 Å². The van der Waals surface area contributed by atoms with E-state index in [1.807, 2.05) is 12.1 Å². The molecule has 0 aromatic heterocycles. The van der Waals surface area contributed by atoms with E-state index in [0.717, 1.165) is 12.8 Å². The van der Waals surface area contributed by atoms with Gasteiger partial charge in [0.2, 0.25) is 5.91 Å². The molecule has 17 heavy (non-hydrogen) atoms. The van der Waals surface area contributed by atoms with Crippen molar-refractivity contribution in [3.05, 3.63) is 41.4 Å². The van der Waals surface area contributed by atoms with Crippen molar-refractivity contribution in [1.82, 2.24) is 5.32 Å². The number of benzene rings is 1. The quantitative estimate of drug-likeness (QED) is 0.807. The molecule has 0 fully saturated rings. The van der Waals surface area contributed by atoms with Crippen LogP contribution in [-0.4, -0.2) is 18.5 Å². The zero-order chi connectivity index (χ0) is 12.1. The van der Waals surface area contributed by atoms with Crippen molar-refractivity contribution in [2.75, 3.05) is 11.9 Å². The van der Waals surface area contributed by atoms with Gasteiger partial charge < -0.3 is 10.6 Å². The minimum Gasteiger partial charge on any atom is -0.324 e. The second kappa shape index (κ2) is 5.84. The number of rotatable bonds is 4. The van der Waals surface area contributed by atoms with E-state index < -0.39 is 0 Å². The molecule has 0 saturated heterocycles. The molecule has 1 aromatic rings. The number of amides is 1. The second-order valence-electron chi connectivity index (χ2n) is 4.05. The zero-order valence-corrected chi connectivity index (χ0v) is 10.2. The second-order valence-corrected chi connectivity index (χ2v) is 4.46. The van der Waals surface area contributed by atoms with Crippen LogP contribution in [0.2, 0.25) is 5.02 Å². The van der Waals surface area contributed by atoms with Crippen LogP contribution in [0.15, 0.2) is 36.4 Å². The number of hydrogen-bond donors (Lipinski definition) is 2. The van der Waals surface area contributed by atoms with E-state index in [9.17, 15) is 4.79 Å². The Hall–Kier alpha value is -1.32. The lowest BCUT2D eigenvalue weighted by Gasteiger charge is -2.12. The lowest BCUT2D eigenvalue weighted by molar-refractivity contribution is -0.115. The summed E-state index contributed by atoms with van der Waals surface area (Å²) in [5, 5.41) is 6.54. The number of nitrogens with one attached hydrogen (secondary N) is 2. The molecule has 0 radical (unpaired) electrons. The van der Waals surface area contributed by atoms with E-state index >= 15 is 0 Å². The van der Waals surface area contributed by atoms with E-state index in [1.54, 1.807) is 12.1 Å². The van der Waals surface area contributed by atoms with Gasteiger partial charge in [-0.05, 0) is 25.0 Å². The van der Waals surface area contributed by atoms with Crippen LogP contribution in [0.1, 0.15) is 12.8 Å². The van der Waals surface area contributed by atoms with Crippen LogP contribution in [0.25, 0.3) is 0 Å². The van der Waals surface area contributed by atoms with Crippen molar-refractivity contribution in [2.24, 2.45) is 0 Å². The Morgan fingerprint density at radius 3 is 2.71 bits per heavy atom. The van der Waals surface area contributed by atoms with Crippen molar-refractivity contribution in [1.29, 1.82) is 0 Å². The van der Waals surface area contributed by atoms with Crippen LogP contribution in [0.4, 0.5) is 5.69 Å². The van der Waals surface area contributed by atoms with Crippen LogP contribution < -0.4 is 10.6 Å². The summed E-state index contributed by atoms with van der Waals surface area (Å²) in [5.74, 6) is -0.0648. The summed E-state index contributed by atoms with van der Waals surface area (Å²) in [7, 11) is 0. The predicted octanol–water partition coefficient (Wildman–Crippen LogP) is 2.59. The van der Waals surface area contributed by atoms with Crippen molar-refractivity contribution < 1.29 is 4.79 Å². The molecule has 1 amide bonds. The van der Waals surface area contributed by atoms with E-state index in [0.29, 0.717) is 23.3 Å². The first-order valence-electron chi connectivity index (χ1n) is 5.68. The van der Waals surface area contributed by atoms with Gasteiger partial charge in [-0.25, -0.2) is 0 Å². The molecular formula is C13H15ClN2O. The number of carbonyl (C=O) groups is 1. The molecule has 2 N–H and O–H groups in total. The smallest absolute Gasteiger partial charge is 0.238 e. The lowest BCUT2D eigenvalue weighted by Crippen LogP contribution is -2.34.